The number of hydrogen-bond acceptors (Lipinski definition) is 2. The smallest absolute Gasteiger partial charge is 0.279 e. The van der Waals surface area contributed by atoms with Crippen molar-refractivity contribution in [2.45, 2.75) is 26.8 Å². The molecule has 0 aliphatic heterocycles. The normalized spacial score (nSPS) is 12.0. The van der Waals surface area contributed by atoms with Gasteiger partial charge in [0.15, 0.2) is 6.54 Å². The topological polar surface area (TPSA) is 63.5 Å². The highest BCUT2D eigenvalue weighted by molar-refractivity contribution is 5.92. The molecule has 2 aromatic carbocycles. The van der Waals surface area contributed by atoms with E-state index in [1.807, 2.05) is 44.2 Å². The average molecular weight is 385 g/mol. The minimum absolute atomic E-state index is 0.105. The number of carbonyl (C=O) groups excluding carboxylic acids is 1. The molecule has 0 bridgehead atoms. The average Bonchev–Trinajstić information content (AvgIpc) is 2.95. The van der Waals surface area contributed by atoms with Crippen LogP contribution in [0.2, 0.25) is 0 Å². The number of aromatic nitrogens is 2. The minimum atomic E-state index is -0.618. The van der Waals surface area contributed by atoms with E-state index in [1.165, 1.54) is 12.1 Å². The highest BCUT2D eigenvalue weighted by Gasteiger charge is 2.19. The van der Waals surface area contributed by atoms with Crippen LogP contribution in [0, 0.1) is 25.5 Å². The molecule has 0 unspecified atom stereocenters. The van der Waals surface area contributed by atoms with Gasteiger partial charge < -0.3 is 10.6 Å². The van der Waals surface area contributed by atoms with Crippen LogP contribution >= 0.6 is 0 Å². The highest BCUT2D eigenvalue weighted by atomic mass is 19.1. The number of nitrogens with zero attached hydrogens (tertiary/aromatic N) is 2. The molecule has 0 aliphatic rings. The fraction of sp³-hybridized carbons (Fsp3) is 0.238. The van der Waals surface area contributed by atoms with Crippen LogP contribution in [-0.4, -0.2) is 22.2 Å². The number of nitrogens with two attached hydrogens (primary N) is 1. The molecule has 0 radical (unpaired) electrons. The molecular weight excluding hydrogens is 362 g/mol. The van der Waals surface area contributed by atoms with E-state index in [9.17, 15) is 13.6 Å². The van der Waals surface area contributed by atoms with Crippen molar-refractivity contribution in [3.8, 4) is 5.69 Å². The maximum Gasteiger partial charge on any atom is 0.279 e. The van der Waals surface area contributed by atoms with Crippen molar-refractivity contribution in [3.63, 3.8) is 0 Å². The van der Waals surface area contributed by atoms with Gasteiger partial charge in [0.2, 0.25) is 0 Å². The lowest BCUT2D eigenvalue weighted by Crippen LogP contribution is -2.86. The summed E-state index contributed by atoms with van der Waals surface area (Å²) in [6.45, 7) is 5.60. The summed E-state index contributed by atoms with van der Waals surface area (Å²) in [5.41, 5.74) is 3.49. The summed E-state index contributed by atoms with van der Waals surface area (Å²) in [6, 6.07) is 12.8. The van der Waals surface area contributed by atoms with E-state index in [0.717, 1.165) is 17.4 Å². The Balaban J connectivity index is 1.66. The summed E-state index contributed by atoms with van der Waals surface area (Å²) in [5.74, 6) is -1.44. The molecule has 3 aromatic rings. The van der Waals surface area contributed by atoms with Gasteiger partial charge in [-0.3, -0.25) is 4.79 Å². The fourth-order valence-electron chi connectivity index (χ4n) is 3.12. The zero-order valence-corrected chi connectivity index (χ0v) is 16.0. The minimum Gasteiger partial charge on any atom is -0.332 e. The molecule has 1 amide bonds. The summed E-state index contributed by atoms with van der Waals surface area (Å²) in [7, 11) is 0. The third kappa shape index (κ3) is 4.26. The van der Waals surface area contributed by atoms with Gasteiger partial charge in [-0.05, 0) is 45.0 Å². The van der Waals surface area contributed by atoms with Crippen molar-refractivity contribution in [2.75, 3.05) is 11.9 Å². The molecule has 7 heteroatoms. The molecule has 1 atom stereocenters. The monoisotopic (exact) mass is 385 g/mol. The number of rotatable bonds is 6. The van der Waals surface area contributed by atoms with Gasteiger partial charge in [0.1, 0.15) is 17.7 Å². The molecule has 0 saturated carbocycles. The van der Waals surface area contributed by atoms with Crippen molar-refractivity contribution in [3.05, 3.63) is 77.1 Å². The van der Waals surface area contributed by atoms with E-state index in [4.69, 9.17) is 0 Å². The first-order chi connectivity index (χ1) is 13.4. The van der Waals surface area contributed by atoms with Gasteiger partial charge in [-0.25, -0.2) is 13.5 Å². The Morgan fingerprint density at radius 1 is 1.18 bits per heavy atom. The van der Waals surface area contributed by atoms with Gasteiger partial charge in [-0.2, -0.15) is 5.10 Å². The van der Waals surface area contributed by atoms with Crippen LogP contribution in [0.5, 0.6) is 0 Å². The zero-order valence-electron chi connectivity index (χ0n) is 16.0. The van der Waals surface area contributed by atoms with Crippen LogP contribution in [0.4, 0.5) is 14.5 Å². The Morgan fingerprint density at radius 3 is 2.57 bits per heavy atom. The molecule has 146 valence electrons. The molecule has 28 heavy (non-hydrogen) atoms. The largest absolute Gasteiger partial charge is 0.332 e. The standard InChI is InChI=1S/C21H22F2N4O/c1-13(18-10-9-16(22)11-19(18)23)24-12-20(28)25-21-14(2)26-27(15(21)3)17-7-5-4-6-8-17/h4-11,13,24H,12H2,1-3H3,(H,25,28)/p+1/t13-/m1/s1. The number of para-hydroxylation sites is 1. The van der Waals surface area contributed by atoms with Gasteiger partial charge >= 0.3 is 0 Å². The Labute approximate surface area is 162 Å². The highest BCUT2D eigenvalue weighted by Crippen LogP contribution is 2.22. The van der Waals surface area contributed by atoms with E-state index < -0.39 is 11.6 Å². The number of carbonyl (C=O) groups is 1. The number of aryl methyl sites for hydroxylation is 1. The summed E-state index contributed by atoms with van der Waals surface area (Å²) in [4.78, 5) is 12.4. The lowest BCUT2D eigenvalue weighted by atomic mass is 10.1. The first-order valence-corrected chi connectivity index (χ1v) is 9.06. The van der Waals surface area contributed by atoms with Gasteiger partial charge in [0.05, 0.1) is 22.8 Å². The molecular formula is C21H23F2N4O+. The number of halogens is 2. The van der Waals surface area contributed by atoms with Crippen molar-refractivity contribution in [2.24, 2.45) is 0 Å². The van der Waals surface area contributed by atoms with Crippen LogP contribution in [0.1, 0.15) is 29.9 Å². The number of anilines is 1. The molecule has 3 rings (SSSR count). The summed E-state index contributed by atoms with van der Waals surface area (Å²) < 4.78 is 28.7. The van der Waals surface area contributed by atoms with E-state index >= 15 is 0 Å². The van der Waals surface area contributed by atoms with Gasteiger partial charge in [-0.15, -0.1) is 0 Å². The van der Waals surface area contributed by atoms with Crippen molar-refractivity contribution in [1.82, 2.24) is 9.78 Å². The maximum absolute atomic E-state index is 13.9. The molecule has 1 aromatic heterocycles. The van der Waals surface area contributed by atoms with Gasteiger partial charge in [0, 0.05) is 11.6 Å². The molecule has 3 N–H and O–H groups in total. The van der Waals surface area contributed by atoms with E-state index in [2.05, 4.69) is 10.4 Å². The summed E-state index contributed by atoms with van der Waals surface area (Å²) >= 11 is 0. The van der Waals surface area contributed by atoms with Gasteiger partial charge in [-0.1, -0.05) is 18.2 Å². The maximum atomic E-state index is 13.9. The Morgan fingerprint density at radius 2 is 1.89 bits per heavy atom. The number of amides is 1. The van der Waals surface area contributed by atoms with Crippen molar-refractivity contribution >= 4 is 11.6 Å². The number of nitrogens with one attached hydrogen (secondary N) is 1. The second kappa shape index (κ2) is 8.31. The SMILES string of the molecule is Cc1nn(-c2ccccc2)c(C)c1NC(=O)C[NH2+][C@H](C)c1ccc(F)cc1F. The molecule has 5 nitrogen and oxygen atoms in total. The molecule has 0 saturated heterocycles. The Kier molecular flexibility index (Phi) is 5.84. The third-order valence-electron chi connectivity index (χ3n) is 4.67. The van der Waals surface area contributed by atoms with Crippen molar-refractivity contribution < 1.29 is 18.9 Å². The Hall–Kier alpha value is -3.06. The molecule has 1 heterocycles. The molecule has 0 aliphatic carbocycles. The number of hydrogen-bond donors (Lipinski definition) is 2. The van der Waals surface area contributed by atoms with Gasteiger partial charge in [0.25, 0.3) is 5.91 Å². The number of quaternary nitrogens is 1. The van der Waals surface area contributed by atoms with E-state index in [0.29, 0.717) is 16.9 Å². The third-order valence-corrected chi connectivity index (χ3v) is 4.67. The first kappa shape index (κ1) is 19.7. The van der Waals surface area contributed by atoms with Crippen LogP contribution < -0.4 is 10.6 Å². The van der Waals surface area contributed by atoms with Crippen LogP contribution in [0.25, 0.3) is 5.69 Å². The molecule has 0 spiro atoms. The Bertz CT molecular complexity index is 986. The summed E-state index contributed by atoms with van der Waals surface area (Å²) in [6.07, 6.45) is 0. The van der Waals surface area contributed by atoms with E-state index in [-0.39, 0.29) is 18.5 Å². The fourth-order valence-corrected chi connectivity index (χ4v) is 3.12. The van der Waals surface area contributed by atoms with Crippen LogP contribution in [0.3, 0.4) is 0 Å². The number of benzene rings is 2. The lowest BCUT2D eigenvalue weighted by Gasteiger charge is -2.12. The second-order valence-electron chi connectivity index (χ2n) is 6.74. The lowest BCUT2D eigenvalue weighted by molar-refractivity contribution is -0.682. The quantitative estimate of drug-likeness (QED) is 0.685. The van der Waals surface area contributed by atoms with Crippen LogP contribution in [-0.2, 0) is 4.79 Å². The van der Waals surface area contributed by atoms with E-state index in [1.54, 1.807) is 16.9 Å². The zero-order chi connectivity index (χ0) is 20.3. The van der Waals surface area contributed by atoms with Crippen LogP contribution in [0.15, 0.2) is 48.5 Å². The second-order valence-corrected chi connectivity index (χ2v) is 6.74. The molecule has 0 fully saturated rings. The van der Waals surface area contributed by atoms with Crippen molar-refractivity contribution in [1.29, 1.82) is 0 Å². The predicted molar refractivity (Wildman–Crippen MR) is 103 cm³/mol. The summed E-state index contributed by atoms with van der Waals surface area (Å²) in [5, 5.41) is 9.10. The first-order valence-electron chi connectivity index (χ1n) is 9.06. The predicted octanol–water partition coefficient (Wildman–Crippen LogP) is 3.03.